The smallest absolute Gasteiger partial charge is 0.221 e. The first kappa shape index (κ1) is 16.9. The maximum Gasteiger partial charge on any atom is 0.221 e. The summed E-state index contributed by atoms with van der Waals surface area (Å²) in [6.07, 6.45) is 0.539. The highest BCUT2D eigenvalue weighted by Crippen LogP contribution is 2.11. The van der Waals surface area contributed by atoms with Gasteiger partial charge >= 0.3 is 0 Å². The number of amides is 1. The number of β-amino-alcohol motifs (C(OH)–C–C–N with tert-alkyl or cyclic N) is 1. The molecule has 0 spiro atoms. The van der Waals surface area contributed by atoms with Gasteiger partial charge in [-0.25, -0.2) is 0 Å². The molecule has 0 saturated carbocycles. The second kappa shape index (κ2) is 8.88. The number of rotatable bonds is 7. The molecule has 0 aromatic heterocycles. The van der Waals surface area contributed by atoms with Crippen LogP contribution in [0.15, 0.2) is 30.3 Å². The Labute approximate surface area is 132 Å². The average Bonchev–Trinajstić information content (AvgIpc) is 2.55. The zero-order chi connectivity index (χ0) is 15.8. The lowest BCUT2D eigenvalue weighted by atomic mass is 10.1. The van der Waals surface area contributed by atoms with E-state index in [9.17, 15) is 4.79 Å². The summed E-state index contributed by atoms with van der Waals surface area (Å²) in [6, 6.07) is 10.1. The Balaban J connectivity index is 1.66. The van der Waals surface area contributed by atoms with Gasteiger partial charge in [0, 0.05) is 45.7 Å². The number of carbonyl (C=O) groups excluding carboxylic acids is 1. The van der Waals surface area contributed by atoms with Crippen LogP contribution < -0.4 is 5.32 Å². The van der Waals surface area contributed by atoms with Gasteiger partial charge in [0.25, 0.3) is 0 Å². The van der Waals surface area contributed by atoms with Crippen LogP contribution in [0, 0.1) is 0 Å². The normalized spacial score (nSPS) is 18.1. The fourth-order valence-corrected chi connectivity index (χ4v) is 2.78. The van der Waals surface area contributed by atoms with Gasteiger partial charge in [0.15, 0.2) is 0 Å². The first-order valence-corrected chi connectivity index (χ1v) is 8.09. The van der Waals surface area contributed by atoms with Gasteiger partial charge in [0.1, 0.15) is 0 Å². The van der Waals surface area contributed by atoms with Crippen LogP contribution in [0.4, 0.5) is 0 Å². The lowest BCUT2D eigenvalue weighted by Crippen LogP contribution is -2.47. The zero-order valence-corrected chi connectivity index (χ0v) is 13.4. The molecule has 1 saturated heterocycles. The van der Waals surface area contributed by atoms with E-state index >= 15 is 0 Å². The van der Waals surface area contributed by atoms with E-state index in [-0.39, 0.29) is 18.6 Å². The molecule has 122 valence electrons. The molecular weight excluding hydrogens is 278 g/mol. The molecule has 1 aliphatic rings. The second-order valence-corrected chi connectivity index (χ2v) is 5.86. The Kier molecular flexibility index (Phi) is 6.83. The topological polar surface area (TPSA) is 55.8 Å². The van der Waals surface area contributed by atoms with Gasteiger partial charge in [-0.1, -0.05) is 30.3 Å². The molecule has 5 heteroatoms. The molecule has 0 unspecified atom stereocenters. The third-order valence-electron chi connectivity index (χ3n) is 4.21. The van der Waals surface area contributed by atoms with E-state index in [4.69, 9.17) is 5.11 Å². The Bertz CT molecular complexity index is 444. The lowest BCUT2D eigenvalue weighted by Gasteiger charge is -2.34. The van der Waals surface area contributed by atoms with Crippen molar-refractivity contribution in [2.24, 2.45) is 0 Å². The standard InChI is InChI=1S/C17H27N3O2/c1-15(16-5-3-2-4-6-16)18-17(22)7-8-19-9-11-20(12-10-19)13-14-21/h2-6,15,21H,7-14H2,1H3,(H,18,22)/t15-/m0/s1. The van der Waals surface area contributed by atoms with Crippen LogP contribution in [-0.2, 0) is 4.79 Å². The maximum absolute atomic E-state index is 12.1. The molecule has 0 bridgehead atoms. The molecule has 5 nitrogen and oxygen atoms in total. The van der Waals surface area contributed by atoms with Gasteiger partial charge < -0.3 is 15.3 Å². The van der Waals surface area contributed by atoms with E-state index in [0.717, 1.165) is 44.8 Å². The molecule has 0 radical (unpaired) electrons. The fourth-order valence-electron chi connectivity index (χ4n) is 2.78. The highest BCUT2D eigenvalue weighted by atomic mass is 16.3. The molecule has 1 heterocycles. The molecule has 22 heavy (non-hydrogen) atoms. The van der Waals surface area contributed by atoms with Crippen LogP contribution in [0.2, 0.25) is 0 Å². The average molecular weight is 305 g/mol. The van der Waals surface area contributed by atoms with E-state index in [0.29, 0.717) is 6.42 Å². The highest BCUT2D eigenvalue weighted by molar-refractivity contribution is 5.76. The number of nitrogens with one attached hydrogen (secondary N) is 1. The van der Waals surface area contributed by atoms with Crippen LogP contribution in [-0.4, -0.2) is 66.7 Å². The van der Waals surface area contributed by atoms with Crippen LogP contribution in [0.25, 0.3) is 0 Å². The minimum atomic E-state index is 0.0510. The summed E-state index contributed by atoms with van der Waals surface area (Å²) in [5.74, 6) is 0.106. The van der Waals surface area contributed by atoms with Crippen molar-refractivity contribution >= 4 is 5.91 Å². The lowest BCUT2D eigenvalue weighted by molar-refractivity contribution is -0.122. The quantitative estimate of drug-likeness (QED) is 0.785. The van der Waals surface area contributed by atoms with Crippen molar-refractivity contribution < 1.29 is 9.90 Å². The molecule has 1 aromatic carbocycles. The minimum absolute atomic E-state index is 0.0510. The molecule has 1 fully saturated rings. The van der Waals surface area contributed by atoms with Crippen LogP contribution in [0.1, 0.15) is 24.9 Å². The third-order valence-corrected chi connectivity index (χ3v) is 4.21. The number of aliphatic hydroxyl groups is 1. The molecule has 1 amide bonds. The molecular formula is C17H27N3O2. The number of piperazine rings is 1. The van der Waals surface area contributed by atoms with E-state index in [2.05, 4.69) is 15.1 Å². The second-order valence-electron chi connectivity index (χ2n) is 5.86. The number of benzene rings is 1. The van der Waals surface area contributed by atoms with Crippen molar-refractivity contribution in [1.82, 2.24) is 15.1 Å². The summed E-state index contributed by atoms with van der Waals surface area (Å²) in [4.78, 5) is 16.6. The molecule has 2 N–H and O–H groups in total. The third kappa shape index (κ3) is 5.40. The summed E-state index contributed by atoms with van der Waals surface area (Å²) in [6.45, 7) is 7.69. The molecule has 1 aromatic rings. The number of carbonyl (C=O) groups is 1. The van der Waals surface area contributed by atoms with Crippen molar-refractivity contribution in [3.05, 3.63) is 35.9 Å². The zero-order valence-electron chi connectivity index (χ0n) is 13.4. The van der Waals surface area contributed by atoms with E-state index in [1.54, 1.807) is 0 Å². The molecule has 1 atom stereocenters. The predicted octanol–water partition coefficient (Wildman–Crippen LogP) is 0.864. The van der Waals surface area contributed by atoms with Crippen LogP contribution in [0.3, 0.4) is 0 Å². The molecule has 0 aliphatic carbocycles. The van der Waals surface area contributed by atoms with Gasteiger partial charge in [-0.05, 0) is 12.5 Å². The first-order chi connectivity index (χ1) is 10.7. The van der Waals surface area contributed by atoms with E-state index in [1.807, 2.05) is 37.3 Å². The number of aliphatic hydroxyl groups excluding tert-OH is 1. The Morgan fingerprint density at radius 3 is 2.32 bits per heavy atom. The summed E-state index contributed by atoms with van der Waals surface area (Å²) >= 11 is 0. The Morgan fingerprint density at radius 1 is 1.14 bits per heavy atom. The molecule has 1 aliphatic heterocycles. The van der Waals surface area contributed by atoms with Gasteiger partial charge in [-0.2, -0.15) is 0 Å². The SMILES string of the molecule is C[C@H](NC(=O)CCN1CCN(CCO)CC1)c1ccccc1. The van der Waals surface area contributed by atoms with Gasteiger partial charge in [0.2, 0.25) is 5.91 Å². The minimum Gasteiger partial charge on any atom is -0.395 e. The Hall–Kier alpha value is -1.43. The summed E-state index contributed by atoms with van der Waals surface area (Å²) < 4.78 is 0. The van der Waals surface area contributed by atoms with Gasteiger partial charge in [-0.3, -0.25) is 9.69 Å². The Morgan fingerprint density at radius 2 is 1.73 bits per heavy atom. The number of hydrogen-bond donors (Lipinski definition) is 2. The van der Waals surface area contributed by atoms with Gasteiger partial charge in [-0.15, -0.1) is 0 Å². The monoisotopic (exact) mass is 305 g/mol. The van der Waals surface area contributed by atoms with Crippen LogP contribution in [0.5, 0.6) is 0 Å². The maximum atomic E-state index is 12.1. The van der Waals surface area contributed by atoms with Crippen molar-refractivity contribution in [2.45, 2.75) is 19.4 Å². The van der Waals surface area contributed by atoms with Crippen molar-refractivity contribution in [3.63, 3.8) is 0 Å². The first-order valence-electron chi connectivity index (χ1n) is 8.09. The van der Waals surface area contributed by atoms with Crippen molar-refractivity contribution in [3.8, 4) is 0 Å². The van der Waals surface area contributed by atoms with E-state index in [1.165, 1.54) is 0 Å². The molecule has 2 rings (SSSR count). The summed E-state index contributed by atoms with van der Waals surface area (Å²) in [5, 5.41) is 12.0. The van der Waals surface area contributed by atoms with Gasteiger partial charge in [0.05, 0.1) is 12.6 Å². The van der Waals surface area contributed by atoms with Crippen molar-refractivity contribution in [1.29, 1.82) is 0 Å². The number of hydrogen-bond acceptors (Lipinski definition) is 4. The highest BCUT2D eigenvalue weighted by Gasteiger charge is 2.17. The van der Waals surface area contributed by atoms with E-state index < -0.39 is 0 Å². The predicted molar refractivity (Wildman–Crippen MR) is 87.6 cm³/mol. The van der Waals surface area contributed by atoms with Crippen LogP contribution >= 0.6 is 0 Å². The summed E-state index contributed by atoms with van der Waals surface area (Å²) in [7, 11) is 0. The van der Waals surface area contributed by atoms with Crippen molar-refractivity contribution in [2.75, 3.05) is 45.9 Å². The fraction of sp³-hybridized carbons (Fsp3) is 0.588. The summed E-state index contributed by atoms with van der Waals surface area (Å²) in [5.41, 5.74) is 1.13. The largest absolute Gasteiger partial charge is 0.395 e. The number of nitrogens with zero attached hydrogens (tertiary/aromatic N) is 2.